The van der Waals surface area contributed by atoms with Crippen LogP contribution < -0.4 is 10.6 Å². The van der Waals surface area contributed by atoms with Crippen LogP contribution in [0, 0.1) is 5.92 Å². The summed E-state index contributed by atoms with van der Waals surface area (Å²) in [6.45, 7) is 5.72. The number of hydrogen-bond donors (Lipinski definition) is 5. The molecule has 0 radical (unpaired) electrons. The average molecular weight is 479 g/mol. The maximum absolute atomic E-state index is 11.2. The largest absolute Gasteiger partial charge is 0.465 e. The van der Waals surface area contributed by atoms with Gasteiger partial charge in [-0.05, 0) is 24.5 Å². The molecule has 0 unspecified atom stereocenters. The molecule has 4 heterocycles. The first-order chi connectivity index (χ1) is 16.9. The van der Waals surface area contributed by atoms with E-state index in [-0.39, 0.29) is 18.4 Å². The molecular formula is C24H30N8O3. The third kappa shape index (κ3) is 4.72. The summed E-state index contributed by atoms with van der Waals surface area (Å²) in [6.07, 6.45) is 0.714. The Hall–Kier alpha value is -3.86. The maximum Gasteiger partial charge on any atom is 0.407 e. The fourth-order valence-electron chi connectivity index (χ4n) is 4.49. The Balaban J connectivity index is 1.36. The molecule has 1 aliphatic rings. The van der Waals surface area contributed by atoms with Gasteiger partial charge in [0.25, 0.3) is 0 Å². The lowest BCUT2D eigenvalue weighted by Crippen LogP contribution is -2.47. The second kappa shape index (κ2) is 9.41. The normalized spacial score (nSPS) is 18.5. The zero-order chi connectivity index (χ0) is 24.5. The number of fused-ring (bicyclic) bond motifs is 2. The number of aromatic nitrogens is 5. The minimum Gasteiger partial charge on any atom is -0.465 e. The number of amides is 1. The number of piperidine rings is 1. The second-order valence-electron chi connectivity index (χ2n) is 9.30. The van der Waals surface area contributed by atoms with Gasteiger partial charge in [0, 0.05) is 30.6 Å². The van der Waals surface area contributed by atoms with Gasteiger partial charge in [0.1, 0.15) is 17.5 Å². The number of likely N-dealkylation sites (tertiary alicyclic amines) is 1. The van der Waals surface area contributed by atoms with Crippen molar-refractivity contribution in [3.63, 3.8) is 0 Å². The molecule has 2 atom stereocenters. The Bertz CT molecular complexity index is 1310. The van der Waals surface area contributed by atoms with Crippen molar-refractivity contribution < 1.29 is 15.0 Å². The van der Waals surface area contributed by atoms with Crippen molar-refractivity contribution in [1.29, 1.82) is 0 Å². The van der Waals surface area contributed by atoms with Crippen LogP contribution in [0.25, 0.3) is 16.7 Å². The summed E-state index contributed by atoms with van der Waals surface area (Å²) in [6, 6.07) is 9.80. The van der Waals surface area contributed by atoms with Gasteiger partial charge >= 0.3 is 6.09 Å². The predicted molar refractivity (Wildman–Crippen MR) is 133 cm³/mol. The summed E-state index contributed by atoms with van der Waals surface area (Å²) in [5.41, 5.74) is 3.70. The molecule has 0 saturated carbocycles. The first-order valence-electron chi connectivity index (χ1n) is 11.8. The summed E-state index contributed by atoms with van der Waals surface area (Å²) < 4.78 is 1.80. The minimum absolute atomic E-state index is 0.0648. The molecule has 1 saturated heterocycles. The Morgan fingerprint density at radius 2 is 2.09 bits per heavy atom. The van der Waals surface area contributed by atoms with Crippen molar-refractivity contribution in [2.75, 3.05) is 30.3 Å². The number of nitrogens with zero attached hydrogens (tertiary/aromatic N) is 5. The van der Waals surface area contributed by atoms with Gasteiger partial charge in [-0.15, -0.1) is 0 Å². The molecule has 1 amide bonds. The molecule has 5 rings (SSSR count). The van der Waals surface area contributed by atoms with Crippen molar-refractivity contribution in [2.45, 2.75) is 38.8 Å². The van der Waals surface area contributed by atoms with E-state index in [0.29, 0.717) is 31.9 Å². The summed E-state index contributed by atoms with van der Waals surface area (Å²) in [5, 5.41) is 31.0. The zero-order valence-electron chi connectivity index (χ0n) is 19.8. The van der Waals surface area contributed by atoms with Gasteiger partial charge in [0.2, 0.25) is 0 Å². The highest BCUT2D eigenvalue weighted by molar-refractivity contribution is 5.74. The maximum atomic E-state index is 11.2. The van der Waals surface area contributed by atoms with Gasteiger partial charge in [-0.2, -0.15) is 9.61 Å². The van der Waals surface area contributed by atoms with Crippen molar-refractivity contribution in [3.8, 4) is 0 Å². The second-order valence-corrected chi connectivity index (χ2v) is 9.30. The number of carbonyl (C=O) groups is 1. The lowest BCUT2D eigenvalue weighted by Gasteiger charge is -2.34. The van der Waals surface area contributed by atoms with Crippen LogP contribution in [0.4, 0.5) is 16.4 Å². The summed E-state index contributed by atoms with van der Waals surface area (Å²) >= 11 is 0. The summed E-state index contributed by atoms with van der Waals surface area (Å²) in [7, 11) is 0. The van der Waals surface area contributed by atoms with E-state index in [1.807, 2.05) is 36.5 Å². The van der Waals surface area contributed by atoms with E-state index in [2.05, 4.69) is 39.5 Å². The van der Waals surface area contributed by atoms with Gasteiger partial charge in [-0.1, -0.05) is 26.0 Å². The van der Waals surface area contributed by atoms with Crippen LogP contribution in [-0.4, -0.2) is 71.5 Å². The first-order valence-corrected chi connectivity index (χ1v) is 11.8. The number of imidazole rings is 1. The third-order valence-corrected chi connectivity index (χ3v) is 6.53. The molecule has 0 aliphatic carbocycles. The number of aliphatic hydroxyl groups is 1. The topological polar surface area (TPSA) is 144 Å². The Labute approximate surface area is 202 Å². The lowest BCUT2D eigenvalue weighted by atomic mass is 9.94. The van der Waals surface area contributed by atoms with Crippen molar-refractivity contribution in [1.82, 2.24) is 29.5 Å². The highest BCUT2D eigenvalue weighted by Gasteiger charge is 2.30. The molecule has 3 aromatic heterocycles. The van der Waals surface area contributed by atoms with Gasteiger partial charge in [-0.3, -0.25) is 0 Å². The monoisotopic (exact) mass is 478 g/mol. The summed E-state index contributed by atoms with van der Waals surface area (Å²) in [4.78, 5) is 25.2. The van der Waals surface area contributed by atoms with Crippen LogP contribution in [0.15, 0.2) is 36.5 Å². The first kappa shape index (κ1) is 22.9. The van der Waals surface area contributed by atoms with Crippen LogP contribution in [0.5, 0.6) is 0 Å². The van der Waals surface area contributed by atoms with Crippen LogP contribution in [-0.2, 0) is 6.54 Å². The number of anilines is 2. The minimum atomic E-state index is -0.996. The van der Waals surface area contributed by atoms with E-state index < -0.39 is 12.2 Å². The molecule has 0 bridgehead atoms. The molecule has 0 spiro atoms. The van der Waals surface area contributed by atoms with E-state index in [1.54, 1.807) is 4.52 Å². The molecule has 35 heavy (non-hydrogen) atoms. The lowest BCUT2D eigenvalue weighted by molar-refractivity contribution is 0.0294. The molecule has 11 heteroatoms. The smallest absolute Gasteiger partial charge is 0.407 e. The molecule has 1 aromatic carbocycles. The molecule has 5 N–H and O–H groups in total. The quantitative estimate of drug-likeness (QED) is 0.273. The molecule has 1 fully saturated rings. The average Bonchev–Trinajstić information content (AvgIpc) is 3.45. The van der Waals surface area contributed by atoms with Crippen LogP contribution in [0.1, 0.15) is 37.6 Å². The molecule has 11 nitrogen and oxygen atoms in total. The van der Waals surface area contributed by atoms with Crippen LogP contribution in [0.3, 0.4) is 0 Å². The third-order valence-electron chi connectivity index (χ3n) is 6.53. The van der Waals surface area contributed by atoms with E-state index >= 15 is 0 Å². The number of rotatable bonds is 7. The number of hydrogen-bond acceptors (Lipinski definition) is 7. The van der Waals surface area contributed by atoms with Gasteiger partial charge in [0.05, 0.1) is 36.4 Å². The van der Waals surface area contributed by atoms with Crippen molar-refractivity contribution in [2.24, 2.45) is 5.92 Å². The van der Waals surface area contributed by atoms with E-state index in [0.717, 1.165) is 33.9 Å². The van der Waals surface area contributed by atoms with E-state index in [1.165, 1.54) is 4.90 Å². The highest BCUT2D eigenvalue weighted by Crippen LogP contribution is 2.25. The van der Waals surface area contributed by atoms with Gasteiger partial charge in [-0.25, -0.2) is 14.8 Å². The van der Waals surface area contributed by atoms with Crippen LogP contribution in [0.2, 0.25) is 0 Å². The number of para-hydroxylation sites is 2. The van der Waals surface area contributed by atoms with E-state index in [4.69, 9.17) is 4.98 Å². The predicted octanol–water partition coefficient (Wildman–Crippen LogP) is 3.11. The highest BCUT2D eigenvalue weighted by atomic mass is 16.4. The Kier molecular flexibility index (Phi) is 6.16. The fraction of sp³-hybridized carbons (Fsp3) is 0.417. The Morgan fingerprint density at radius 3 is 2.83 bits per heavy atom. The van der Waals surface area contributed by atoms with Crippen molar-refractivity contribution >= 4 is 34.4 Å². The van der Waals surface area contributed by atoms with E-state index in [9.17, 15) is 15.0 Å². The number of β-amino-alcohol motifs (C(OH)–C–C–N with tert-alkyl or cyclic N) is 1. The number of aliphatic hydroxyl groups excluding tert-OH is 1. The number of benzene rings is 1. The zero-order valence-corrected chi connectivity index (χ0v) is 19.8. The number of aromatic amines is 1. The Morgan fingerprint density at radius 1 is 1.26 bits per heavy atom. The molecule has 184 valence electrons. The van der Waals surface area contributed by atoms with Crippen molar-refractivity contribution in [3.05, 3.63) is 47.9 Å². The molecule has 1 aliphatic heterocycles. The van der Waals surface area contributed by atoms with Gasteiger partial charge in [0.15, 0.2) is 5.65 Å². The van der Waals surface area contributed by atoms with Crippen LogP contribution >= 0.6 is 0 Å². The SMILES string of the molecule is CC(C)c1cnn2c(NCc3nc4ccccc4[nH]3)cc(NC[C@H]3CCN(C(=O)O)C[C@@H]3O)nc12. The molecular weight excluding hydrogens is 448 g/mol. The molecule has 4 aromatic rings. The number of nitrogens with one attached hydrogen (secondary N) is 3. The fourth-order valence-corrected chi connectivity index (χ4v) is 4.49. The summed E-state index contributed by atoms with van der Waals surface area (Å²) in [5.74, 6) is 2.44. The number of H-pyrrole nitrogens is 1. The standard InChI is InChI=1S/C24H30N8O3/c1-14(2)16-11-27-32-22(26-12-21-28-17-5-3-4-6-18(17)29-21)9-20(30-23(16)32)25-10-15-7-8-31(24(34)35)13-19(15)33/h3-6,9,11,14-15,19,26,33H,7-8,10,12-13H2,1-2H3,(H,25,30)(H,28,29)(H,34,35)/t15-,19+/m1/s1. The number of carboxylic acid groups (broad SMARTS) is 1. The van der Waals surface area contributed by atoms with Gasteiger partial charge < -0.3 is 30.7 Å².